The van der Waals surface area contributed by atoms with Crippen molar-refractivity contribution < 1.29 is 30.0 Å². The summed E-state index contributed by atoms with van der Waals surface area (Å²) >= 11 is 1.71. The van der Waals surface area contributed by atoms with Crippen LogP contribution in [-0.4, -0.2) is 20.9 Å². The molecule has 0 saturated carbocycles. The van der Waals surface area contributed by atoms with Gasteiger partial charge in [0, 0.05) is 42.3 Å². The first-order valence-corrected chi connectivity index (χ1v) is 9.59. The predicted octanol–water partition coefficient (Wildman–Crippen LogP) is 5.75. The van der Waals surface area contributed by atoms with Gasteiger partial charge in [-0.2, -0.15) is 0 Å². The van der Waals surface area contributed by atoms with Crippen LogP contribution in [0.1, 0.15) is 13.8 Å². The molecule has 147 valence electrons. The Bertz CT molecular complexity index is 1250. The van der Waals surface area contributed by atoms with E-state index in [9.17, 15) is 4.79 Å². The van der Waals surface area contributed by atoms with Crippen molar-refractivity contribution in [1.29, 1.82) is 0 Å². The molecule has 0 atom stereocenters. The topological polar surface area (TPSA) is 63.1 Å². The number of rotatable bonds is 1. The van der Waals surface area contributed by atoms with Gasteiger partial charge in [0.1, 0.15) is 0 Å². The maximum Gasteiger partial charge on any atom is 0.155 e. The van der Waals surface area contributed by atoms with E-state index in [2.05, 4.69) is 52.4 Å². The molecule has 4 nitrogen and oxygen atoms in total. The van der Waals surface area contributed by atoms with Crippen molar-refractivity contribution in [2.75, 3.05) is 0 Å². The minimum absolute atomic E-state index is 0. The molecule has 29 heavy (non-hydrogen) atoms. The van der Waals surface area contributed by atoms with Gasteiger partial charge in [-0.1, -0.05) is 36.0 Å². The monoisotopic (exact) mass is 578 g/mol. The van der Waals surface area contributed by atoms with Crippen LogP contribution >= 0.6 is 11.8 Å². The number of hydrogen-bond donors (Lipinski definition) is 1. The molecule has 0 unspecified atom stereocenters. The van der Waals surface area contributed by atoms with Crippen LogP contribution in [0.5, 0.6) is 0 Å². The van der Waals surface area contributed by atoms with Crippen LogP contribution in [0, 0.1) is 6.07 Å². The molecule has 1 radical (unpaired) electrons. The molecule has 0 amide bonds. The molecule has 5 rings (SSSR count). The maximum absolute atomic E-state index is 10.0. The molecule has 0 saturated heterocycles. The third-order valence-corrected chi connectivity index (χ3v) is 5.34. The summed E-state index contributed by atoms with van der Waals surface area (Å²) in [4.78, 5) is 20.3. The normalized spacial score (nSPS) is 11.9. The fourth-order valence-electron chi connectivity index (χ4n) is 3.28. The quantitative estimate of drug-likeness (QED) is 0.119. The van der Waals surface area contributed by atoms with Gasteiger partial charge in [0.05, 0.1) is 5.76 Å². The van der Waals surface area contributed by atoms with Crippen LogP contribution in [0.2, 0.25) is 0 Å². The Morgan fingerprint density at radius 2 is 1.90 bits per heavy atom. The summed E-state index contributed by atoms with van der Waals surface area (Å²) in [6.07, 6.45) is 4.84. The summed E-state index contributed by atoms with van der Waals surface area (Å²) in [5.41, 5.74) is 2.01. The van der Waals surface area contributed by atoms with E-state index >= 15 is 0 Å². The molecular weight excluding hydrogens is 561 g/mol. The van der Waals surface area contributed by atoms with Crippen LogP contribution in [0.15, 0.2) is 76.6 Å². The average molecular weight is 578 g/mol. The molecule has 2 aromatic carbocycles. The van der Waals surface area contributed by atoms with Crippen molar-refractivity contribution in [3.8, 4) is 11.3 Å². The van der Waals surface area contributed by atoms with Gasteiger partial charge in [-0.25, -0.2) is 0 Å². The van der Waals surface area contributed by atoms with Crippen LogP contribution in [0.4, 0.5) is 0 Å². The fraction of sp³-hybridized carbons (Fsp3) is 0.0870. The van der Waals surface area contributed by atoms with Gasteiger partial charge in [0.2, 0.25) is 0 Å². The molecule has 0 spiro atoms. The van der Waals surface area contributed by atoms with E-state index in [0.29, 0.717) is 0 Å². The van der Waals surface area contributed by atoms with Crippen molar-refractivity contribution in [3.05, 3.63) is 72.8 Å². The van der Waals surface area contributed by atoms with E-state index < -0.39 is 0 Å². The molecule has 4 aromatic rings. The molecule has 0 fully saturated rings. The van der Waals surface area contributed by atoms with Crippen molar-refractivity contribution in [2.45, 2.75) is 23.8 Å². The molecule has 0 bridgehead atoms. The molecule has 3 heterocycles. The minimum Gasteiger partial charge on any atom is -0.512 e. The summed E-state index contributed by atoms with van der Waals surface area (Å²) in [6, 6.07) is 18.0. The van der Waals surface area contributed by atoms with Gasteiger partial charge in [0.15, 0.2) is 5.78 Å². The molecule has 1 aliphatic rings. The number of aliphatic hydroxyl groups excluding tert-OH is 1. The van der Waals surface area contributed by atoms with Crippen molar-refractivity contribution >= 4 is 39.1 Å². The summed E-state index contributed by atoms with van der Waals surface area (Å²) in [5, 5.41) is 14.4. The number of aliphatic hydroxyl groups is 1. The number of benzene rings is 2. The van der Waals surface area contributed by atoms with Gasteiger partial charge < -0.3 is 15.1 Å². The van der Waals surface area contributed by atoms with Crippen molar-refractivity contribution in [1.82, 2.24) is 9.97 Å². The van der Waals surface area contributed by atoms with E-state index in [4.69, 9.17) is 5.11 Å². The summed E-state index contributed by atoms with van der Waals surface area (Å²) in [7, 11) is 0. The van der Waals surface area contributed by atoms with E-state index in [1.165, 1.54) is 46.4 Å². The molecule has 1 N–H and O–H groups in total. The number of pyridine rings is 2. The van der Waals surface area contributed by atoms with E-state index in [0.717, 1.165) is 16.3 Å². The third kappa shape index (κ3) is 4.25. The van der Waals surface area contributed by atoms with Gasteiger partial charge in [0.25, 0.3) is 0 Å². The number of fused-ring (bicyclic) bond motifs is 4. The maximum atomic E-state index is 10.0. The summed E-state index contributed by atoms with van der Waals surface area (Å²) < 4.78 is 0. The van der Waals surface area contributed by atoms with Crippen LogP contribution in [-0.2, 0) is 24.9 Å². The Morgan fingerprint density at radius 1 is 1.10 bits per heavy atom. The zero-order chi connectivity index (χ0) is 19.7. The Labute approximate surface area is 186 Å². The predicted molar refractivity (Wildman–Crippen MR) is 113 cm³/mol. The van der Waals surface area contributed by atoms with Gasteiger partial charge >= 0.3 is 0 Å². The van der Waals surface area contributed by atoms with E-state index in [1.807, 2.05) is 12.3 Å². The number of carbonyl (C=O) groups is 1. The number of allylic oxidation sites excluding steroid dienone is 2. The number of ketones is 1. The number of nitrogens with zero attached hydrogens (tertiary/aromatic N) is 2. The Balaban J connectivity index is 0.000000263. The minimum atomic E-state index is -0.125. The first-order valence-electron chi connectivity index (χ1n) is 8.78. The number of carbonyl (C=O) groups excluding carboxylic acids is 1. The molecule has 2 aromatic heterocycles. The van der Waals surface area contributed by atoms with Crippen LogP contribution in [0.25, 0.3) is 32.8 Å². The van der Waals surface area contributed by atoms with Crippen LogP contribution in [0.3, 0.4) is 0 Å². The first-order chi connectivity index (χ1) is 13.5. The Hall–Kier alpha value is -2.53. The van der Waals surface area contributed by atoms with Crippen molar-refractivity contribution in [3.63, 3.8) is 0 Å². The fourth-order valence-corrected chi connectivity index (χ4v) is 4.36. The third-order valence-electron chi connectivity index (χ3n) is 4.30. The largest absolute Gasteiger partial charge is 0.512 e. The zero-order valence-electron chi connectivity index (χ0n) is 15.8. The van der Waals surface area contributed by atoms with Gasteiger partial charge in [-0.15, -0.1) is 23.9 Å². The number of hydrogen-bond acceptors (Lipinski definition) is 5. The average Bonchev–Trinajstić information content (AvgIpc) is 2.68. The van der Waals surface area contributed by atoms with Gasteiger partial charge in [-0.05, 0) is 53.2 Å². The molecule has 6 heteroatoms. The van der Waals surface area contributed by atoms with Crippen molar-refractivity contribution in [2.24, 2.45) is 0 Å². The molecular formula is C23H17IrN2O2S-. The summed E-state index contributed by atoms with van der Waals surface area (Å²) in [6.45, 7) is 2.85. The van der Waals surface area contributed by atoms with E-state index in [1.54, 1.807) is 18.0 Å². The smallest absolute Gasteiger partial charge is 0.155 e. The second-order valence-corrected chi connectivity index (χ2v) is 7.48. The standard InChI is InChI=1S/C18H9N2S.C5H8O2.Ir/c1-2-5-12-11(4-1)10-15-16-13(12)7-9-19-17(16)14-6-3-8-20-18(14)21-15;1-4(6)3-5(2)7;/h1-5,7-10H;3,6H,1-2H3;/q-1;;/b;4-3-;. The second-order valence-electron chi connectivity index (χ2n) is 6.45. The SMILES string of the molecule is CC(=O)/C=C(/C)O.[Ir].[c-]1ccnc2c1-c1nccc3c1c(cc1ccccc13)S2. The molecule has 0 aliphatic carbocycles. The first kappa shape index (κ1) is 21.2. The van der Waals surface area contributed by atoms with Crippen LogP contribution < -0.4 is 0 Å². The zero-order valence-corrected chi connectivity index (χ0v) is 19.0. The van der Waals surface area contributed by atoms with Gasteiger partial charge in [-0.3, -0.25) is 4.79 Å². The summed E-state index contributed by atoms with van der Waals surface area (Å²) in [5.74, 6) is -0.0625. The Kier molecular flexibility index (Phi) is 6.48. The Morgan fingerprint density at radius 3 is 2.62 bits per heavy atom. The van der Waals surface area contributed by atoms with E-state index in [-0.39, 0.29) is 31.6 Å². The molecule has 1 aliphatic heterocycles. The number of aromatic nitrogens is 2. The second kappa shape index (κ2) is 8.87.